The Morgan fingerprint density at radius 2 is 2.10 bits per heavy atom. The highest BCUT2D eigenvalue weighted by Gasteiger charge is 2.21. The number of thiophene rings is 1. The van der Waals surface area contributed by atoms with Crippen LogP contribution in [0.4, 0.5) is 10.7 Å². The fourth-order valence-electron chi connectivity index (χ4n) is 2.21. The highest BCUT2D eigenvalue weighted by Crippen LogP contribution is 2.36. The van der Waals surface area contributed by atoms with Gasteiger partial charge >= 0.3 is 0 Å². The van der Waals surface area contributed by atoms with E-state index in [-0.39, 0.29) is 11.6 Å². The first kappa shape index (κ1) is 17.3. The van der Waals surface area contributed by atoms with Gasteiger partial charge in [-0.15, -0.1) is 11.3 Å². The van der Waals surface area contributed by atoms with Crippen LogP contribution in [-0.2, 0) is 0 Å². The van der Waals surface area contributed by atoms with E-state index in [0.717, 1.165) is 32.1 Å². The molecule has 1 heterocycles. The molecule has 1 unspecified atom stereocenters. The SMILES string of the molecule is CCCCC(CCC)Nc1sc(C(=O)NC)c(N)c1C#N. The summed E-state index contributed by atoms with van der Waals surface area (Å²) in [5.41, 5.74) is 6.59. The van der Waals surface area contributed by atoms with Crippen molar-refractivity contribution in [1.29, 1.82) is 5.26 Å². The van der Waals surface area contributed by atoms with Crippen molar-refractivity contribution in [2.75, 3.05) is 18.1 Å². The summed E-state index contributed by atoms with van der Waals surface area (Å²) in [6.45, 7) is 4.31. The monoisotopic (exact) mass is 308 g/mol. The number of amides is 1. The molecule has 4 N–H and O–H groups in total. The van der Waals surface area contributed by atoms with Crippen LogP contribution in [0.25, 0.3) is 0 Å². The van der Waals surface area contributed by atoms with Crippen LogP contribution in [0.3, 0.4) is 0 Å². The summed E-state index contributed by atoms with van der Waals surface area (Å²) in [6, 6.07) is 2.43. The van der Waals surface area contributed by atoms with Gasteiger partial charge in [-0.25, -0.2) is 0 Å². The van der Waals surface area contributed by atoms with Crippen LogP contribution in [-0.4, -0.2) is 19.0 Å². The molecule has 5 nitrogen and oxygen atoms in total. The molecule has 1 amide bonds. The molecule has 0 spiro atoms. The van der Waals surface area contributed by atoms with E-state index in [0.29, 0.717) is 21.5 Å². The van der Waals surface area contributed by atoms with Gasteiger partial charge in [0.15, 0.2) is 0 Å². The Hall–Kier alpha value is -1.74. The summed E-state index contributed by atoms with van der Waals surface area (Å²) in [5.74, 6) is -0.248. The third-order valence-electron chi connectivity index (χ3n) is 3.37. The van der Waals surface area contributed by atoms with Gasteiger partial charge in [-0.2, -0.15) is 5.26 Å². The Labute approximate surface area is 130 Å². The zero-order valence-electron chi connectivity index (χ0n) is 13.0. The molecule has 0 aliphatic carbocycles. The van der Waals surface area contributed by atoms with Crippen molar-refractivity contribution in [1.82, 2.24) is 5.32 Å². The lowest BCUT2D eigenvalue weighted by atomic mass is 10.1. The zero-order chi connectivity index (χ0) is 15.8. The number of nitrogens with zero attached hydrogens (tertiary/aromatic N) is 1. The number of nitrogens with two attached hydrogens (primary N) is 1. The van der Waals surface area contributed by atoms with E-state index >= 15 is 0 Å². The third-order valence-corrected chi connectivity index (χ3v) is 4.50. The molecule has 0 saturated carbocycles. The second-order valence-electron chi connectivity index (χ2n) is 5.01. The molecule has 0 bridgehead atoms. The van der Waals surface area contributed by atoms with Gasteiger partial charge in [-0.05, 0) is 12.8 Å². The molecular weight excluding hydrogens is 284 g/mol. The first-order chi connectivity index (χ1) is 10.1. The van der Waals surface area contributed by atoms with Gasteiger partial charge in [-0.3, -0.25) is 4.79 Å². The van der Waals surface area contributed by atoms with Gasteiger partial charge in [-0.1, -0.05) is 33.1 Å². The molecule has 0 fully saturated rings. The first-order valence-electron chi connectivity index (χ1n) is 7.39. The van der Waals surface area contributed by atoms with Gasteiger partial charge < -0.3 is 16.4 Å². The molecule has 0 saturated heterocycles. The average molecular weight is 308 g/mol. The van der Waals surface area contributed by atoms with E-state index in [2.05, 4.69) is 30.6 Å². The lowest BCUT2D eigenvalue weighted by Crippen LogP contribution is -2.19. The number of hydrogen-bond acceptors (Lipinski definition) is 5. The summed E-state index contributed by atoms with van der Waals surface area (Å²) in [7, 11) is 1.56. The van der Waals surface area contributed by atoms with Crippen molar-refractivity contribution in [3.63, 3.8) is 0 Å². The number of carbonyl (C=O) groups is 1. The van der Waals surface area contributed by atoms with Crippen molar-refractivity contribution in [2.24, 2.45) is 0 Å². The Morgan fingerprint density at radius 3 is 2.62 bits per heavy atom. The minimum Gasteiger partial charge on any atom is -0.396 e. The minimum atomic E-state index is -0.248. The topological polar surface area (TPSA) is 90.9 Å². The summed E-state index contributed by atoms with van der Waals surface area (Å²) >= 11 is 1.26. The molecule has 1 aromatic rings. The van der Waals surface area contributed by atoms with Crippen LogP contribution >= 0.6 is 11.3 Å². The summed E-state index contributed by atoms with van der Waals surface area (Å²) in [6.07, 6.45) is 5.46. The molecule has 21 heavy (non-hydrogen) atoms. The van der Waals surface area contributed by atoms with Gasteiger partial charge in [0, 0.05) is 13.1 Å². The van der Waals surface area contributed by atoms with Crippen LogP contribution in [0.2, 0.25) is 0 Å². The van der Waals surface area contributed by atoms with Gasteiger partial charge in [0.2, 0.25) is 0 Å². The van der Waals surface area contributed by atoms with Crippen molar-refractivity contribution < 1.29 is 4.79 Å². The largest absolute Gasteiger partial charge is 0.396 e. The van der Waals surface area contributed by atoms with Gasteiger partial charge in [0.1, 0.15) is 21.5 Å². The number of carbonyl (C=O) groups excluding carboxylic acids is 1. The van der Waals surface area contributed by atoms with Crippen molar-refractivity contribution >= 4 is 27.9 Å². The Kier molecular flexibility index (Phi) is 7.03. The third kappa shape index (κ3) is 4.36. The van der Waals surface area contributed by atoms with Crippen LogP contribution in [0, 0.1) is 11.3 Å². The van der Waals surface area contributed by atoms with Crippen LogP contribution in [0.15, 0.2) is 0 Å². The number of unbranched alkanes of at least 4 members (excludes halogenated alkanes) is 1. The van der Waals surface area contributed by atoms with E-state index in [1.807, 2.05) is 0 Å². The molecule has 1 atom stereocenters. The number of nitrogens with one attached hydrogen (secondary N) is 2. The maximum Gasteiger partial charge on any atom is 0.263 e. The maximum atomic E-state index is 11.8. The fraction of sp³-hybridized carbons (Fsp3) is 0.600. The number of nitriles is 1. The quantitative estimate of drug-likeness (QED) is 0.687. The van der Waals surface area contributed by atoms with Crippen molar-refractivity contribution in [3.05, 3.63) is 10.4 Å². The van der Waals surface area contributed by atoms with E-state index < -0.39 is 0 Å². The highest BCUT2D eigenvalue weighted by molar-refractivity contribution is 7.18. The molecule has 0 radical (unpaired) electrons. The molecule has 0 aromatic carbocycles. The van der Waals surface area contributed by atoms with Gasteiger partial charge in [0.25, 0.3) is 5.91 Å². The molecule has 6 heteroatoms. The van der Waals surface area contributed by atoms with E-state index in [4.69, 9.17) is 5.73 Å². The van der Waals surface area contributed by atoms with Gasteiger partial charge in [0.05, 0.1) is 5.69 Å². The smallest absolute Gasteiger partial charge is 0.263 e. The molecule has 1 aromatic heterocycles. The number of anilines is 2. The predicted octanol–water partition coefficient (Wildman–Crippen LogP) is 3.33. The number of rotatable bonds is 8. The van der Waals surface area contributed by atoms with Crippen LogP contribution in [0.1, 0.15) is 61.2 Å². The second-order valence-corrected chi connectivity index (χ2v) is 6.03. The lowest BCUT2D eigenvalue weighted by Gasteiger charge is -2.18. The van der Waals surface area contributed by atoms with E-state index in [9.17, 15) is 10.1 Å². The molecule has 1 rings (SSSR count). The molecule has 0 aliphatic heterocycles. The number of hydrogen-bond donors (Lipinski definition) is 3. The molecular formula is C15H24N4OS. The van der Waals surface area contributed by atoms with Crippen molar-refractivity contribution in [2.45, 2.75) is 52.0 Å². The van der Waals surface area contributed by atoms with Crippen molar-refractivity contribution in [3.8, 4) is 6.07 Å². The Balaban J connectivity index is 3.00. The highest BCUT2D eigenvalue weighted by atomic mass is 32.1. The fourth-order valence-corrected chi connectivity index (χ4v) is 3.31. The van der Waals surface area contributed by atoms with E-state index in [1.54, 1.807) is 7.05 Å². The lowest BCUT2D eigenvalue weighted by molar-refractivity contribution is 0.0968. The Morgan fingerprint density at radius 1 is 1.38 bits per heavy atom. The van der Waals surface area contributed by atoms with Crippen LogP contribution in [0.5, 0.6) is 0 Å². The number of nitrogen functional groups attached to an aromatic ring is 1. The molecule has 116 valence electrons. The summed E-state index contributed by atoms with van der Waals surface area (Å²) < 4.78 is 0. The minimum absolute atomic E-state index is 0.248. The predicted molar refractivity (Wildman–Crippen MR) is 88.7 cm³/mol. The first-order valence-corrected chi connectivity index (χ1v) is 8.21. The molecule has 0 aliphatic rings. The van der Waals surface area contributed by atoms with E-state index in [1.165, 1.54) is 11.3 Å². The maximum absolute atomic E-state index is 11.8. The normalized spacial score (nSPS) is 11.7. The second kappa shape index (κ2) is 8.53. The summed E-state index contributed by atoms with van der Waals surface area (Å²) in [4.78, 5) is 12.2. The summed E-state index contributed by atoms with van der Waals surface area (Å²) in [5, 5.41) is 16.0. The standard InChI is InChI=1S/C15H24N4OS/c1-4-6-8-10(7-5-2)19-15-11(9-16)12(17)13(21-15)14(20)18-3/h10,19H,4-8,17H2,1-3H3,(H,18,20). The van der Waals surface area contributed by atoms with Crippen LogP contribution < -0.4 is 16.4 Å². The average Bonchev–Trinajstić information content (AvgIpc) is 2.80. The zero-order valence-corrected chi connectivity index (χ0v) is 13.8. The Bertz CT molecular complexity index is 518.